The number of hydrogen-bond acceptors (Lipinski definition) is 6. The zero-order chi connectivity index (χ0) is 27.1. The van der Waals surface area contributed by atoms with Crippen molar-refractivity contribution in [2.75, 3.05) is 5.75 Å². The van der Waals surface area contributed by atoms with E-state index in [0.717, 1.165) is 51.9 Å². The fourth-order valence-electron chi connectivity index (χ4n) is 4.43. The summed E-state index contributed by atoms with van der Waals surface area (Å²) in [5.74, 6) is 0.122. The number of fused-ring (bicyclic) bond motifs is 1. The Morgan fingerprint density at radius 2 is 1.85 bits per heavy atom. The molecule has 0 saturated carbocycles. The third-order valence-corrected chi connectivity index (χ3v) is 7.89. The molecule has 0 saturated heterocycles. The molecular weight excluding hydrogens is 541 g/mol. The third-order valence-electron chi connectivity index (χ3n) is 6.31. The number of rotatable bonds is 12. The molecule has 8 heteroatoms. The van der Waals surface area contributed by atoms with Gasteiger partial charge in [0, 0.05) is 21.6 Å². The number of aliphatic carboxylic acids is 1. The van der Waals surface area contributed by atoms with Crippen LogP contribution in [0.15, 0.2) is 78.9 Å². The number of aromatic nitrogens is 1. The summed E-state index contributed by atoms with van der Waals surface area (Å²) in [5.41, 5.74) is 3.73. The number of carboxylic acid groups (broad SMARTS) is 1. The summed E-state index contributed by atoms with van der Waals surface area (Å²) in [6.07, 6.45) is 1.52. The molecule has 0 fully saturated rings. The van der Waals surface area contributed by atoms with Crippen LogP contribution < -0.4 is 39.4 Å². The van der Waals surface area contributed by atoms with Crippen LogP contribution in [0.1, 0.15) is 54.3 Å². The predicted molar refractivity (Wildman–Crippen MR) is 152 cm³/mol. The molecule has 1 aromatic heterocycles. The minimum Gasteiger partial charge on any atom is -0.550 e. The molecule has 0 aliphatic rings. The van der Waals surface area contributed by atoms with Crippen molar-refractivity contribution in [2.24, 2.45) is 0 Å². The van der Waals surface area contributed by atoms with Gasteiger partial charge in [0.25, 0.3) is 0 Å². The fourth-order valence-corrected chi connectivity index (χ4v) is 5.79. The van der Waals surface area contributed by atoms with E-state index in [1.165, 1.54) is 0 Å². The number of aliphatic hydroxyl groups is 1. The van der Waals surface area contributed by atoms with Crippen molar-refractivity contribution in [3.8, 4) is 5.75 Å². The minimum atomic E-state index is -1.05. The van der Waals surface area contributed by atoms with Crippen molar-refractivity contribution in [1.82, 2.24) is 4.98 Å². The van der Waals surface area contributed by atoms with Crippen LogP contribution >= 0.6 is 23.4 Å². The number of nitrogens with zero attached hydrogens (tertiary/aromatic N) is 1. The van der Waals surface area contributed by atoms with E-state index in [0.29, 0.717) is 17.4 Å². The van der Waals surface area contributed by atoms with Crippen LogP contribution in [0.4, 0.5) is 0 Å². The van der Waals surface area contributed by atoms with E-state index in [-0.39, 0.29) is 41.2 Å². The molecule has 5 nitrogen and oxygen atoms in total. The van der Waals surface area contributed by atoms with E-state index in [4.69, 9.17) is 16.3 Å². The number of halogens is 1. The van der Waals surface area contributed by atoms with E-state index in [1.807, 2.05) is 78.9 Å². The number of carboxylic acids is 1. The Labute approximate surface area is 261 Å². The fraction of sp³-hybridized carbons (Fsp3) is 0.290. The Hall–Kier alpha value is -2.06. The monoisotopic (exact) mass is 571 g/mol. The van der Waals surface area contributed by atoms with Crippen molar-refractivity contribution < 1.29 is 49.3 Å². The van der Waals surface area contributed by atoms with Crippen LogP contribution in [0.2, 0.25) is 5.02 Å². The number of hydrogen-bond donors (Lipinski definition) is 1. The Morgan fingerprint density at radius 1 is 1.08 bits per heavy atom. The van der Waals surface area contributed by atoms with Gasteiger partial charge >= 0.3 is 29.6 Å². The van der Waals surface area contributed by atoms with Gasteiger partial charge in [-0.15, -0.1) is 0 Å². The largest absolute Gasteiger partial charge is 1.00 e. The quantitative estimate of drug-likeness (QED) is 0.263. The van der Waals surface area contributed by atoms with Crippen LogP contribution in [0.3, 0.4) is 0 Å². The van der Waals surface area contributed by atoms with Gasteiger partial charge in [0.2, 0.25) is 0 Å². The molecule has 0 amide bonds. The van der Waals surface area contributed by atoms with Gasteiger partial charge in [-0.1, -0.05) is 60.1 Å². The zero-order valence-electron chi connectivity index (χ0n) is 22.5. The van der Waals surface area contributed by atoms with Gasteiger partial charge in [-0.05, 0) is 85.9 Å². The third kappa shape index (κ3) is 9.24. The van der Waals surface area contributed by atoms with E-state index < -0.39 is 11.6 Å². The molecule has 0 aliphatic heterocycles. The molecule has 1 atom stereocenters. The number of aryl methyl sites for hydroxylation is 1. The van der Waals surface area contributed by atoms with E-state index >= 15 is 0 Å². The molecule has 0 radical (unpaired) electrons. The maximum atomic E-state index is 11.0. The second-order valence-corrected chi connectivity index (χ2v) is 11.5. The van der Waals surface area contributed by atoms with E-state index in [9.17, 15) is 15.0 Å². The molecule has 4 aromatic rings. The van der Waals surface area contributed by atoms with Crippen LogP contribution in [-0.2, 0) is 23.4 Å². The van der Waals surface area contributed by atoms with Crippen molar-refractivity contribution in [2.45, 2.75) is 50.6 Å². The van der Waals surface area contributed by atoms with E-state index in [2.05, 4.69) is 4.98 Å². The average Bonchev–Trinajstić information content (AvgIpc) is 2.88. The summed E-state index contributed by atoms with van der Waals surface area (Å²) in [4.78, 5) is 15.7. The number of pyridine rings is 1. The number of thioether (sulfide) groups is 1. The second-order valence-electron chi connectivity index (χ2n) is 9.74. The van der Waals surface area contributed by atoms with Gasteiger partial charge in [-0.2, -0.15) is 11.8 Å². The Morgan fingerprint density at radius 3 is 2.62 bits per heavy atom. The summed E-state index contributed by atoms with van der Waals surface area (Å²) in [6.45, 7) is 3.89. The normalized spacial score (nSPS) is 12.1. The van der Waals surface area contributed by atoms with Gasteiger partial charge in [0.15, 0.2) is 0 Å². The predicted octanol–water partition coefficient (Wildman–Crippen LogP) is 3.25. The van der Waals surface area contributed by atoms with Crippen molar-refractivity contribution in [3.05, 3.63) is 106 Å². The molecule has 0 spiro atoms. The molecule has 4 rings (SSSR count). The molecule has 3 aromatic carbocycles. The molecule has 0 bridgehead atoms. The summed E-state index contributed by atoms with van der Waals surface area (Å²) in [5, 5.41) is 23.4. The molecular formula is C31H31ClNNaO4S. The van der Waals surface area contributed by atoms with Crippen molar-refractivity contribution in [1.29, 1.82) is 0 Å². The second kappa shape index (κ2) is 14.5. The maximum Gasteiger partial charge on any atom is 1.00 e. The van der Waals surface area contributed by atoms with Crippen LogP contribution in [0, 0.1) is 0 Å². The molecule has 198 valence electrons. The average molecular weight is 572 g/mol. The van der Waals surface area contributed by atoms with Crippen molar-refractivity contribution >= 4 is 40.2 Å². The number of benzene rings is 3. The number of ether oxygens (including phenoxy) is 1. The van der Waals surface area contributed by atoms with Crippen LogP contribution in [0.25, 0.3) is 10.9 Å². The minimum absolute atomic E-state index is 0. The molecule has 39 heavy (non-hydrogen) atoms. The number of carbonyl (C=O) groups is 1. The molecule has 0 aliphatic carbocycles. The summed E-state index contributed by atoms with van der Waals surface area (Å²) < 4.78 is 6.09. The first-order chi connectivity index (χ1) is 18.2. The molecule has 1 unspecified atom stereocenters. The Kier molecular flexibility index (Phi) is 11.7. The standard InChI is InChI=1S/C31H32ClNO4S.Na/c1-31(2,36)27-9-4-3-6-21(27)12-15-29(38-17-16-30(34)35)23-7-5-8-26(18-23)37-20-25-14-11-22-10-13-24(32)19-28(22)33-25;/h3-11,13-14,18-19,29,36H,12,15-17,20H2,1-2H3,(H,34,35);/q;+1/p-1. The summed E-state index contributed by atoms with van der Waals surface area (Å²) in [6, 6.07) is 25.4. The van der Waals surface area contributed by atoms with Gasteiger partial charge < -0.3 is 19.7 Å². The van der Waals surface area contributed by atoms with Gasteiger partial charge in [-0.3, -0.25) is 0 Å². The van der Waals surface area contributed by atoms with Crippen LogP contribution in [0.5, 0.6) is 5.75 Å². The zero-order valence-corrected chi connectivity index (χ0v) is 26.1. The first-order valence-corrected chi connectivity index (χ1v) is 14.0. The Bertz CT molecular complexity index is 1410. The van der Waals surface area contributed by atoms with Gasteiger partial charge in [0.1, 0.15) is 12.4 Å². The first kappa shape index (κ1) is 31.5. The van der Waals surface area contributed by atoms with Crippen molar-refractivity contribution in [3.63, 3.8) is 0 Å². The first-order valence-electron chi connectivity index (χ1n) is 12.6. The topological polar surface area (TPSA) is 82.5 Å². The maximum absolute atomic E-state index is 11.0. The SMILES string of the molecule is CC(C)(O)c1ccccc1CCC(SCCC(=O)[O-])c1cccc(OCc2ccc3ccc(Cl)cc3n2)c1.[Na+]. The summed E-state index contributed by atoms with van der Waals surface area (Å²) in [7, 11) is 0. The molecule has 1 heterocycles. The molecule has 1 N–H and O–H groups in total. The smallest absolute Gasteiger partial charge is 0.550 e. The Balaban J connectivity index is 0.00000420. The number of carbonyl (C=O) groups excluding carboxylic acids is 1. The van der Waals surface area contributed by atoms with Crippen LogP contribution in [-0.4, -0.2) is 21.8 Å². The summed E-state index contributed by atoms with van der Waals surface area (Å²) >= 11 is 7.72. The van der Waals surface area contributed by atoms with Gasteiger partial charge in [0.05, 0.1) is 16.8 Å². The van der Waals surface area contributed by atoms with E-state index in [1.54, 1.807) is 25.6 Å². The van der Waals surface area contributed by atoms with Gasteiger partial charge in [-0.25, -0.2) is 4.98 Å².